The number of aryl methyl sites for hydroxylation is 2. The van der Waals surface area contributed by atoms with E-state index < -0.39 is 10.0 Å². The van der Waals surface area contributed by atoms with Crippen LogP contribution in [0.4, 0.5) is 5.69 Å². The van der Waals surface area contributed by atoms with E-state index in [-0.39, 0.29) is 10.3 Å². The molecule has 0 aliphatic heterocycles. The first-order chi connectivity index (χ1) is 26.1. The monoisotopic (exact) mass is 753 g/mol. The van der Waals surface area contributed by atoms with Gasteiger partial charge in [0.05, 0.1) is 16.6 Å². The molecule has 1 aromatic heterocycles. The van der Waals surface area contributed by atoms with E-state index >= 15 is 0 Å². The van der Waals surface area contributed by atoms with E-state index in [0.29, 0.717) is 23.1 Å². The van der Waals surface area contributed by atoms with Crippen LogP contribution < -0.4 is 15.6 Å². The van der Waals surface area contributed by atoms with Crippen molar-refractivity contribution in [1.29, 1.82) is 0 Å². The molecule has 0 radical (unpaired) electrons. The third kappa shape index (κ3) is 10.9. The Morgan fingerprint density at radius 1 is 0.667 bits per heavy atom. The van der Waals surface area contributed by atoms with E-state index in [1.165, 1.54) is 51.4 Å². The van der Waals surface area contributed by atoms with Gasteiger partial charge in [-0.3, -0.25) is 14.9 Å². The fraction of sp³-hybridized carbons (Fsp3) is 0.489. The second-order valence-electron chi connectivity index (χ2n) is 14.9. The molecule has 0 aliphatic rings. The molecule has 0 saturated carbocycles. The van der Waals surface area contributed by atoms with E-state index in [1.54, 1.807) is 29.1 Å². The van der Waals surface area contributed by atoms with E-state index in [9.17, 15) is 13.2 Å². The maximum absolute atomic E-state index is 13.9. The number of hydrogen-bond donors (Lipinski definition) is 2. The minimum absolute atomic E-state index is 0.0792. The van der Waals surface area contributed by atoms with Gasteiger partial charge in [-0.2, -0.15) is 0 Å². The molecule has 8 nitrogen and oxygen atoms in total. The van der Waals surface area contributed by atoms with E-state index in [4.69, 9.17) is 0 Å². The fourth-order valence-corrected chi connectivity index (χ4v) is 8.94. The highest BCUT2D eigenvalue weighted by Gasteiger charge is 2.20. The lowest BCUT2D eigenvalue weighted by atomic mass is 9.98. The molecule has 0 saturated heterocycles. The maximum Gasteiger partial charge on any atom is 0.242 e. The van der Waals surface area contributed by atoms with Gasteiger partial charge in [0.15, 0.2) is 5.43 Å². The van der Waals surface area contributed by atoms with Gasteiger partial charge >= 0.3 is 0 Å². The van der Waals surface area contributed by atoms with E-state index in [0.717, 1.165) is 84.8 Å². The Balaban J connectivity index is 1.27. The van der Waals surface area contributed by atoms with Crippen LogP contribution in [-0.4, -0.2) is 68.7 Å². The number of aromatic nitrogens is 1. The Morgan fingerprint density at radius 3 is 2.11 bits per heavy atom. The zero-order valence-corrected chi connectivity index (χ0v) is 34.2. The van der Waals surface area contributed by atoms with Gasteiger partial charge in [0.25, 0.3) is 0 Å². The highest BCUT2D eigenvalue weighted by atomic mass is 32.2. The zero-order chi connectivity index (χ0) is 38.5. The Labute approximate surface area is 324 Å². The van der Waals surface area contributed by atoms with Gasteiger partial charge in [0, 0.05) is 18.8 Å². The molecule has 9 heteroatoms. The number of anilines is 1. The SMILES string of the molecule is CCCCCCCCCCN(CCCNS(=O)(=O)c1cc(C)ccc1Nn1ccc(=O)c2c3cc4c(C)cccc4cc3ccc21)CCCN(CC)CC. The number of nitrogens with one attached hydrogen (secondary N) is 2. The molecular weight excluding hydrogens is 691 g/mol. The second kappa shape index (κ2) is 20.2. The van der Waals surface area contributed by atoms with Crippen LogP contribution in [0.3, 0.4) is 0 Å². The minimum Gasteiger partial charge on any atom is -0.304 e. The molecule has 0 unspecified atom stereocenters. The summed E-state index contributed by atoms with van der Waals surface area (Å²) in [5.74, 6) is 0. The Hall–Kier alpha value is -3.76. The van der Waals surface area contributed by atoms with Crippen LogP contribution in [0.25, 0.3) is 32.4 Å². The van der Waals surface area contributed by atoms with Crippen molar-refractivity contribution in [3.8, 4) is 0 Å². The van der Waals surface area contributed by atoms with Crippen molar-refractivity contribution in [1.82, 2.24) is 19.2 Å². The summed E-state index contributed by atoms with van der Waals surface area (Å²) in [6, 6.07) is 21.3. The average molecular weight is 754 g/mol. The van der Waals surface area contributed by atoms with Gasteiger partial charge in [0.2, 0.25) is 10.0 Å². The van der Waals surface area contributed by atoms with Crippen LogP contribution in [-0.2, 0) is 10.0 Å². The molecule has 292 valence electrons. The first-order valence-corrected chi connectivity index (χ1v) is 21.9. The number of unbranched alkanes of at least 4 members (excludes halogenated alkanes) is 7. The predicted molar refractivity (Wildman–Crippen MR) is 229 cm³/mol. The molecule has 0 bridgehead atoms. The lowest BCUT2D eigenvalue weighted by Gasteiger charge is -2.25. The first-order valence-electron chi connectivity index (χ1n) is 20.4. The third-order valence-corrected chi connectivity index (χ3v) is 12.4. The van der Waals surface area contributed by atoms with Crippen molar-refractivity contribution >= 4 is 48.2 Å². The van der Waals surface area contributed by atoms with Gasteiger partial charge in [-0.05, 0) is 135 Å². The number of benzene rings is 4. The molecule has 54 heavy (non-hydrogen) atoms. The summed E-state index contributed by atoms with van der Waals surface area (Å²) in [6.07, 6.45) is 13.9. The lowest BCUT2D eigenvalue weighted by molar-refractivity contribution is 0.231. The molecule has 0 amide bonds. The van der Waals surface area contributed by atoms with Crippen molar-refractivity contribution in [2.45, 2.75) is 104 Å². The number of sulfonamides is 1. The molecule has 0 fully saturated rings. The first kappa shape index (κ1) is 41.4. The van der Waals surface area contributed by atoms with Crippen LogP contribution in [0.1, 0.15) is 96.1 Å². The van der Waals surface area contributed by atoms with Crippen molar-refractivity contribution in [3.05, 3.63) is 94.3 Å². The number of nitrogens with zero attached hydrogens (tertiary/aromatic N) is 3. The van der Waals surface area contributed by atoms with Crippen LogP contribution in [0.5, 0.6) is 0 Å². The molecule has 4 aromatic carbocycles. The summed E-state index contributed by atoms with van der Waals surface area (Å²) < 4.78 is 32.5. The van der Waals surface area contributed by atoms with Crippen molar-refractivity contribution < 1.29 is 8.42 Å². The molecule has 0 aliphatic carbocycles. The zero-order valence-electron chi connectivity index (χ0n) is 33.4. The Bertz CT molecular complexity index is 2140. The van der Waals surface area contributed by atoms with Crippen molar-refractivity contribution in [3.63, 3.8) is 0 Å². The highest BCUT2D eigenvalue weighted by Crippen LogP contribution is 2.30. The van der Waals surface area contributed by atoms with Crippen LogP contribution in [0.15, 0.2) is 82.6 Å². The van der Waals surface area contributed by atoms with Crippen LogP contribution in [0.2, 0.25) is 0 Å². The van der Waals surface area contributed by atoms with Crippen molar-refractivity contribution in [2.24, 2.45) is 0 Å². The van der Waals surface area contributed by atoms with E-state index in [2.05, 4.69) is 71.9 Å². The molecule has 2 N–H and O–H groups in total. The molecular formula is C45H63N5O3S. The summed E-state index contributed by atoms with van der Waals surface area (Å²) in [6.45, 7) is 17.2. The molecule has 0 spiro atoms. The topological polar surface area (TPSA) is 86.7 Å². The number of rotatable bonds is 23. The normalized spacial score (nSPS) is 12.2. The summed E-state index contributed by atoms with van der Waals surface area (Å²) in [4.78, 5) is 18.6. The smallest absolute Gasteiger partial charge is 0.242 e. The van der Waals surface area contributed by atoms with Gasteiger partial charge < -0.3 is 9.80 Å². The molecule has 5 rings (SSSR count). The summed E-state index contributed by atoms with van der Waals surface area (Å²) in [5, 5.41) is 4.69. The number of hydrogen-bond acceptors (Lipinski definition) is 6. The minimum atomic E-state index is -3.84. The summed E-state index contributed by atoms with van der Waals surface area (Å²) in [5.41, 5.74) is 6.38. The quantitative estimate of drug-likeness (QED) is 0.0393. The third-order valence-electron chi connectivity index (χ3n) is 10.9. The Kier molecular flexibility index (Phi) is 15.5. The van der Waals surface area contributed by atoms with Gasteiger partial charge in [-0.25, -0.2) is 13.1 Å². The predicted octanol–water partition coefficient (Wildman–Crippen LogP) is 9.64. The standard InChI is InChI=1S/C45H63N5O3S/c1-6-9-10-11-12-13-14-15-27-49(30-18-29-48(7-2)8-3)28-17-26-46-54(52,53)44-32-35(4)21-23-41(44)47-50-31-25-43(51)45-40-34-39-36(5)19-16-20-37(39)33-38(40)22-24-42(45)50/h16,19-25,31-34,46-47H,6-15,17-18,26-30H2,1-5H3. The molecule has 5 aromatic rings. The van der Waals surface area contributed by atoms with Crippen LogP contribution >= 0.6 is 0 Å². The number of pyridine rings is 1. The fourth-order valence-electron chi connectivity index (χ4n) is 7.63. The van der Waals surface area contributed by atoms with E-state index in [1.807, 2.05) is 31.2 Å². The molecule has 1 heterocycles. The van der Waals surface area contributed by atoms with Gasteiger partial charge in [-0.1, -0.05) is 96.0 Å². The largest absolute Gasteiger partial charge is 0.304 e. The van der Waals surface area contributed by atoms with Gasteiger partial charge in [-0.15, -0.1) is 0 Å². The summed E-state index contributed by atoms with van der Waals surface area (Å²) in [7, 11) is -3.84. The lowest BCUT2D eigenvalue weighted by Crippen LogP contribution is -2.33. The second-order valence-corrected chi connectivity index (χ2v) is 16.7. The van der Waals surface area contributed by atoms with Crippen LogP contribution in [0, 0.1) is 13.8 Å². The van der Waals surface area contributed by atoms with Gasteiger partial charge in [0.1, 0.15) is 4.90 Å². The maximum atomic E-state index is 13.9. The Morgan fingerprint density at radius 2 is 1.35 bits per heavy atom. The summed E-state index contributed by atoms with van der Waals surface area (Å²) >= 11 is 0. The highest BCUT2D eigenvalue weighted by molar-refractivity contribution is 7.89. The van der Waals surface area contributed by atoms with Crippen molar-refractivity contribution in [2.75, 3.05) is 51.2 Å². The average Bonchev–Trinajstić information content (AvgIpc) is 3.16. The molecule has 0 atom stereocenters. The number of fused-ring (bicyclic) bond motifs is 4.